The molecule has 104 valence electrons. The van der Waals surface area contributed by atoms with Gasteiger partial charge in [-0.1, -0.05) is 25.2 Å². The van der Waals surface area contributed by atoms with E-state index < -0.39 is 0 Å². The first kappa shape index (κ1) is 17.0. The van der Waals surface area contributed by atoms with E-state index in [9.17, 15) is 0 Å². The molecule has 0 amide bonds. The zero-order valence-electron chi connectivity index (χ0n) is 13.1. The van der Waals surface area contributed by atoms with Gasteiger partial charge in [0.05, 0.1) is 0 Å². The van der Waals surface area contributed by atoms with Crippen LogP contribution >= 0.6 is 0 Å². The van der Waals surface area contributed by atoms with Crippen LogP contribution in [0.1, 0.15) is 0 Å². The fraction of sp³-hybridized carbons (Fsp3) is 0.100. The molecule has 3 aromatic carbocycles. The molecule has 0 radical (unpaired) electrons. The van der Waals surface area contributed by atoms with Gasteiger partial charge in [0.25, 0.3) is 0 Å². The molecule has 0 saturated carbocycles. The first-order valence-corrected chi connectivity index (χ1v) is 9.73. The quantitative estimate of drug-likeness (QED) is 0.442. The molecular formula is C20H18MgSi. The van der Waals surface area contributed by atoms with Gasteiger partial charge in [-0.05, 0) is 8.41 Å². The second-order valence-corrected chi connectivity index (χ2v) is 7.96. The number of rotatable bonds is 0. The number of fused-ring (bicyclic) bond motifs is 2. The van der Waals surface area contributed by atoms with Gasteiger partial charge >= 0.3 is 23.1 Å². The fourth-order valence-electron chi connectivity index (χ4n) is 2.41. The van der Waals surface area contributed by atoms with E-state index >= 15 is 0 Å². The van der Waals surface area contributed by atoms with E-state index in [2.05, 4.69) is 92.0 Å². The Bertz CT molecular complexity index is 845. The molecule has 0 atom stereocenters. The number of hydrogen-bond acceptors (Lipinski definition) is 0. The summed E-state index contributed by atoms with van der Waals surface area (Å²) < 4.78 is 0. The van der Waals surface area contributed by atoms with Gasteiger partial charge in [-0.3, -0.25) is 0 Å². The standard InChI is InChI=1S/C11H11Si.C9H7.Mg/c1-12(2)11-7-9-5-3-4-6-10(9)8-11;1-2-5-9-7-3-6-8(9)4-1;/h3-7H,1-2H3;1-7H;/q2*-1;+2. The van der Waals surface area contributed by atoms with Gasteiger partial charge in [-0.25, -0.2) is 0 Å². The summed E-state index contributed by atoms with van der Waals surface area (Å²) in [6, 6.07) is 23.1. The minimum absolute atomic E-state index is 0. The van der Waals surface area contributed by atoms with Crippen molar-refractivity contribution in [1.82, 2.24) is 0 Å². The predicted molar refractivity (Wildman–Crippen MR) is 101 cm³/mol. The number of hydrogen-bond donors (Lipinski definition) is 0. The van der Waals surface area contributed by atoms with Crippen molar-refractivity contribution >= 4 is 59.6 Å². The van der Waals surface area contributed by atoms with Crippen molar-refractivity contribution in [3.8, 4) is 0 Å². The van der Waals surface area contributed by atoms with Crippen molar-refractivity contribution in [1.29, 1.82) is 0 Å². The van der Waals surface area contributed by atoms with E-state index in [0.29, 0.717) is 0 Å². The molecule has 0 saturated heterocycles. The Hall–Kier alpha value is -1.36. The summed E-state index contributed by atoms with van der Waals surface area (Å²) in [5.41, 5.74) is 0. The van der Waals surface area contributed by atoms with E-state index in [-0.39, 0.29) is 31.5 Å². The predicted octanol–water partition coefficient (Wildman–Crippen LogP) is 2.82. The van der Waals surface area contributed by atoms with Gasteiger partial charge in [-0.15, -0.1) is 64.3 Å². The molecular weight excluding hydrogens is 293 g/mol. The van der Waals surface area contributed by atoms with Crippen LogP contribution in [0.4, 0.5) is 0 Å². The normalized spacial score (nSPS) is 11.5. The van der Waals surface area contributed by atoms with Gasteiger partial charge < -0.3 is 0 Å². The van der Waals surface area contributed by atoms with E-state index in [1.165, 1.54) is 26.4 Å². The van der Waals surface area contributed by atoms with Crippen LogP contribution in [-0.4, -0.2) is 36.6 Å². The van der Waals surface area contributed by atoms with Crippen LogP contribution < -0.4 is 10.4 Å². The Labute approximate surface area is 149 Å². The Morgan fingerprint density at radius 1 is 0.909 bits per heavy atom. The summed E-state index contributed by atoms with van der Waals surface area (Å²) >= 11 is 0. The third-order valence-corrected chi connectivity index (χ3v) is 4.96. The first-order valence-electron chi connectivity index (χ1n) is 7.23. The molecule has 22 heavy (non-hydrogen) atoms. The van der Waals surface area contributed by atoms with Crippen molar-refractivity contribution < 1.29 is 0 Å². The average Bonchev–Trinajstić information content (AvgIpc) is 3.14. The minimum atomic E-state index is -0.329. The smallest absolute Gasteiger partial charge is 0.168 e. The molecule has 0 N–H and O–H groups in total. The Morgan fingerprint density at radius 3 is 2.36 bits per heavy atom. The molecule has 0 nitrogen and oxygen atoms in total. The average molecular weight is 311 g/mol. The monoisotopic (exact) mass is 310 g/mol. The van der Waals surface area contributed by atoms with Gasteiger partial charge in [0, 0.05) is 0 Å². The van der Waals surface area contributed by atoms with Gasteiger partial charge in [-0.2, -0.15) is 28.8 Å². The third kappa shape index (κ3) is 3.89. The summed E-state index contributed by atoms with van der Waals surface area (Å²) in [4.78, 5) is 0. The van der Waals surface area contributed by atoms with E-state index in [4.69, 9.17) is 0 Å². The Kier molecular flexibility index (Phi) is 6.01. The molecule has 0 heterocycles. The summed E-state index contributed by atoms with van der Waals surface area (Å²) in [6.07, 6.45) is 5.71. The van der Waals surface area contributed by atoms with E-state index in [1.54, 1.807) is 0 Å². The molecule has 0 aliphatic heterocycles. The maximum Gasteiger partial charge on any atom is 2.00 e. The van der Waals surface area contributed by atoms with Crippen LogP contribution in [0.3, 0.4) is 0 Å². The Morgan fingerprint density at radius 2 is 1.64 bits per heavy atom. The molecule has 1 aliphatic carbocycles. The minimum Gasteiger partial charge on any atom is -0.168 e. The van der Waals surface area contributed by atoms with Crippen molar-refractivity contribution in [2.45, 2.75) is 13.1 Å². The van der Waals surface area contributed by atoms with Crippen LogP contribution in [0.25, 0.3) is 22.9 Å². The van der Waals surface area contributed by atoms with Gasteiger partial charge in [0.15, 0.2) is 0 Å². The third-order valence-electron chi connectivity index (χ3n) is 3.62. The SMILES string of the molecule is C[Si](C)=C1[C-]=c2ccccc2=C1.[Mg+2].c1ccc2[cH-]ccc2c1. The van der Waals surface area contributed by atoms with Crippen LogP contribution in [0.15, 0.2) is 66.7 Å². The van der Waals surface area contributed by atoms with E-state index in [1.807, 2.05) is 0 Å². The van der Waals surface area contributed by atoms with Gasteiger partial charge in [0.2, 0.25) is 0 Å². The van der Waals surface area contributed by atoms with Crippen LogP contribution in [-0.2, 0) is 0 Å². The second kappa shape index (κ2) is 7.77. The largest absolute Gasteiger partial charge is 2.00 e. The fourth-order valence-corrected chi connectivity index (χ4v) is 3.24. The Balaban J connectivity index is 0.000000159. The summed E-state index contributed by atoms with van der Waals surface area (Å²) in [5, 5.41) is 6.67. The summed E-state index contributed by atoms with van der Waals surface area (Å²) in [5.74, 6) is 0. The van der Waals surface area contributed by atoms with Crippen LogP contribution in [0.2, 0.25) is 13.1 Å². The molecule has 2 heteroatoms. The van der Waals surface area contributed by atoms with Crippen molar-refractivity contribution in [3.05, 3.63) is 77.2 Å². The molecule has 3 aromatic rings. The zero-order chi connectivity index (χ0) is 14.7. The molecule has 0 fully saturated rings. The summed E-state index contributed by atoms with van der Waals surface area (Å²) in [6.45, 7) is 4.60. The molecule has 0 aromatic heterocycles. The summed E-state index contributed by atoms with van der Waals surface area (Å²) in [7, 11) is -0.329. The van der Waals surface area contributed by atoms with Crippen LogP contribution in [0, 0.1) is 0 Å². The number of benzene rings is 2. The molecule has 0 spiro atoms. The molecule has 0 unspecified atom stereocenters. The van der Waals surface area contributed by atoms with Gasteiger partial charge in [0.1, 0.15) is 0 Å². The maximum atomic E-state index is 3.44. The first-order chi connectivity index (χ1) is 10.2. The second-order valence-electron chi connectivity index (χ2n) is 5.42. The van der Waals surface area contributed by atoms with Crippen molar-refractivity contribution in [2.75, 3.05) is 0 Å². The van der Waals surface area contributed by atoms with Crippen molar-refractivity contribution in [3.63, 3.8) is 0 Å². The van der Waals surface area contributed by atoms with Crippen LogP contribution in [0.5, 0.6) is 0 Å². The molecule has 0 bridgehead atoms. The zero-order valence-corrected chi connectivity index (χ0v) is 15.5. The topological polar surface area (TPSA) is 0 Å². The van der Waals surface area contributed by atoms with Crippen molar-refractivity contribution in [2.24, 2.45) is 0 Å². The molecule has 1 aliphatic rings. The van der Waals surface area contributed by atoms with E-state index in [0.717, 1.165) is 0 Å². The molecule has 4 rings (SSSR count). The maximum absolute atomic E-state index is 3.44.